The summed E-state index contributed by atoms with van der Waals surface area (Å²) in [5, 5.41) is 7.88. The summed E-state index contributed by atoms with van der Waals surface area (Å²) in [7, 11) is -1.94. The molecule has 6 heteroatoms. The average molecular weight is 360 g/mol. The Morgan fingerprint density at radius 1 is 0.762 bits per heavy atom. The summed E-state index contributed by atoms with van der Waals surface area (Å²) in [6.07, 6.45) is 0.875. The molecule has 132 valence electrons. The fraction of sp³-hybridized carbons (Fsp3) is 1.00. The Morgan fingerprint density at radius 3 is 1.05 bits per heavy atom. The van der Waals surface area contributed by atoms with Crippen LogP contribution in [0.15, 0.2) is 0 Å². The molecule has 0 fully saturated rings. The van der Waals surface area contributed by atoms with Crippen molar-refractivity contribution in [1.82, 2.24) is 0 Å². The molecule has 0 atom stereocenters. The second-order valence-corrected chi connectivity index (χ2v) is 10.4. The van der Waals surface area contributed by atoms with E-state index in [0.29, 0.717) is 24.4 Å². The van der Waals surface area contributed by atoms with E-state index >= 15 is 0 Å². The first kappa shape index (κ1) is 33.4. The Kier molecular flexibility index (Phi) is 29.9. The smallest absolute Gasteiger partial charge is 0.189 e. The van der Waals surface area contributed by atoms with E-state index in [0.717, 1.165) is 24.6 Å². The van der Waals surface area contributed by atoms with E-state index in [4.69, 9.17) is 5.11 Å². The van der Waals surface area contributed by atoms with Crippen molar-refractivity contribution in [3.63, 3.8) is 0 Å². The molecule has 0 heterocycles. The zero-order valence-corrected chi connectivity index (χ0v) is 17.7. The SMILES string of the molecule is CC(C)C[Si](O)(CC(C)C)CC(C)C.CCCO.O.O.[Ti]. The van der Waals surface area contributed by atoms with Gasteiger partial charge in [0.15, 0.2) is 8.32 Å². The van der Waals surface area contributed by atoms with Gasteiger partial charge in [0.2, 0.25) is 0 Å². The standard InChI is InChI=1S/C12H28OSi.C3H8O.2H2O.Ti/c1-10(2)7-14(13,8-11(3)4)9-12(5)6;1-2-3-4;;;/h10-13H,7-9H2,1-6H3;4H,2-3H2,1H3;2*1H2;. The van der Waals surface area contributed by atoms with Crippen molar-refractivity contribution in [2.75, 3.05) is 6.61 Å². The van der Waals surface area contributed by atoms with E-state index in [-0.39, 0.29) is 32.7 Å². The predicted molar refractivity (Wildman–Crippen MR) is 91.5 cm³/mol. The number of hydrogen-bond acceptors (Lipinski definition) is 2. The Bertz CT molecular complexity index is 162. The molecule has 0 aliphatic rings. The van der Waals surface area contributed by atoms with Crippen molar-refractivity contribution in [2.45, 2.75) is 73.0 Å². The summed E-state index contributed by atoms with van der Waals surface area (Å²) < 4.78 is 0. The van der Waals surface area contributed by atoms with Gasteiger partial charge >= 0.3 is 0 Å². The van der Waals surface area contributed by atoms with Crippen molar-refractivity contribution >= 4 is 8.32 Å². The van der Waals surface area contributed by atoms with Crippen LogP contribution in [0.25, 0.3) is 0 Å². The van der Waals surface area contributed by atoms with Crippen LogP contribution in [-0.4, -0.2) is 35.8 Å². The first-order valence-electron chi connectivity index (χ1n) is 7.50. The first-order valence-corrected chi connectivity index (χ1v) is 10.1. The van der Waals surface area contributed by atoms with Gasteiger partial charge in [-0.15, -0.1) is 0 Å². The summed E-state index contributed by atoms with van der Waals surface area (Å²) in [6.45, 7) is 15.6. The van der Waals surface area contributed by atoms with Gasteiger partial charge in [0.25, 0.3) is 0 Å². The fourth-order valence-corrected chi connectivity index (χ4v) is 7.59. The molecule has 6 N–H and O–H groups in total. The van der Waals surface area contributed by atoms with Gasteiger partial charge in [-0.05, 0) is 42.3 Å². The van der Waals surface area contributed by atoms with Gasteiger partial charge in [-0.25, -0.2) is 0 Å². The van der Waals surface area contributed by atoms with Crippen LogP contribution < -0.4 is 0 Å². The number of aliphatic hydroxyl groups is 1. The molecule has 0 aromatic carbocycles. The van der Waals surface area contributed by atoms with Gasteiger partial charge < -0.3 is 20.9 Å². The number of rotatable bonds is 7. The van der Waals surface area contributed by atoms with Gasteiger partial charge in [-0.3, -0.25) is 0 Å². The first-order chi connectivity index (χ1) is 8.16. The zero-order chi connectivity index (χ0) is 14.8. The molecular weight excluding hydrogens is 320 g/mol. The Labute approximate surface area is 148 Å². The summed E-state index contributed by atoms with van der Waals surface area (Å²) in [4.78, 5) is 10.7. The molecule has 0 saturated carbocycles. The quantitative estimate of drug-likeness (QED) is 0.682. The molecular formula is C15H40O4SiTi. The van der Waals surface area contributed by atoms with Gasteiger partial charge in [0.1, 0.15) is 0 Å². The predicted octanol–water partition coefficient (Wildman–Crippen LogP) is 2.63. The van der Waals surface area contributed by atoms with Gasteiger partial charge in [-0.1, -0.05) is 48.5 Å². The van der Waals surface area contributed by atoms with E-state index in [1.807, 2.05) is 6.92 Å². The van der Waals surface area contributed by atoms with Gasteiger partial charge in [0.05, 0.1) is 0 Å². The van der Waals surface area contributed by atoms with Crippen LogP contribution in [0, 0.1) is 17.8 Å². The Hall–Kier alpha value is 0.771. The molecule has 0 rings (SSSR count). The minimum Gasteiger partial charge on any atom is -0.432 e. The van der Waals surface area contributed by atoms with Crippen LogP contribution in [0.1, 0.15) is 54.9 Å². The van der Waals surface area contributed by atoms with Crippen molar-refractivity contribution in [3.8, 4) is 0 Å². The summed E-state index contributed by atoms with van der Waals surface area (Å²) in [5.41, 5.74) is 0. The average Bonchev–Trinajstić information content (AvgIpc) is 2.13. The monoisotopic (exact) mass is 360 g/mol. The maximum atomic E-state index is 10.7. The van der Waals surface area contributed by atoms with Crippen molar-refractivity contribution in [1.29, 1.82) is 0 Å². The molecule has 0 aliphatic heterocycles. The molecule has 0 spiro atoms. The van der Waals surface area contributed by atoms with Gasteiger partial charge in [-0.2, -0.15) is 0 Å². The summed E-state index contributed by atoms with van der Waals surface area (Å²) in [5.74, 6) is 1.93. The van der Waals surface area contributed by atoms with Crippen LogP contribution in [0.2, 0.25) is 18.1 Å². The third-order valence-corrected chi connectivity index (χ3v) is 7.32. The van der Waals surface area contributed by atoms with Crippen LogP contribution in [0.4, 0.5) is 0 Å². The molecule has 0 saturated heterocycles. The third kappa shape index (κ3) is 26.0. The molecule has 0 amide bonds. The molecule has 0 unspecified atom stereocenters. The summed E-state index contributed by atoms with van der Waals surface area (Å²) >= 11 is 0. The molecule has 0 radical (unpaired) electrons. The molecule has 21 heavy (non-hydrogen) atoms. The normalized spacial score (nSPS) is 10.3. The minimum atomic E-state index is -1.94. The maximum absolute atomic E-state index is 10.7. The minimum absolute atomic E-state index is 0. The third-order valence-electron chi connectivity index (χ3n) is 2.59. The molecule has 0 aromatic heterocycles. The zero-order valence-electron chi connectivity index (χ0n) is 15.2. The summed E-state index contributed by atoms with van der Waals surface area (Å²) in [6, 6.07) is 3.22. The Balaban J connectivity index is -0.000000108. The van der Waals surface area contributed by atoms with Crippen LogP contribution >= 0.6 is 0 Å². The van der Waals surface area contributed by atoms with Crippen molar-refractivity contribution in [2.24, 2.45) is 17.8 Å². The largest absolute Gasteiger partial charge is 0.432 e. The van der Waals surface area contributed by atoms with E-state index in [9.17, 15) is 4.80 Å². The maximum Gasteiger partial charge on any atom is 0.189 e. The molecule has 0 aliphatic carbocycles. The van der Waals surface area contributed by atoms with Gasteiger partial charge in [0, 0.05) is 28.3 Å². The van der Waals surface area contributed by atoms with Crippen LogP contribution in [-0.2, 0) is 21.7 Å². The molecule has 4 nitrogen and oxygen atoms in total. The van der Waals surface area contributed by atoms with Crippen LogP contribution in [0.3, 0.4) is 0 Å². The van der Waals surface area contributed by atoms with Crippen molar-refractivity contribution in [3.05, 3.63) is 0 Å². The van der Waals surface area contributed by atoms with E-state index in [1.165, 1.54) is 0 Å². The second-order valence-electron chi connectivity index (χ2n) is 6.74. The topological polar surface area (TPSA) is 103 Å². The van der Waals surface area contributed by atoms with E-state index < -0.39 is 8.32 Å². The number of hydrogen-bond donors (Lipinski definition) is 2. The van der Waals surface area contributed by atoms with Crippen LogP contribution in [0.5, 0.6) is 0 Å². The molecule has 0 aromatic rings. The fourth-order valence-electron chi connectivity index (χ4n) is 2.53. The van der Waals surface area contributed by atoms with E-state index in [2.05, 4.69) is 41.5 Å². The Morgan fingerprint density at radius 2 is 0.952 bits per heavy atom. The number of aliphatic hydroxyl groups excluding tert-OH is 1. The van der Waals surface area contributed by atoms with E-state index in [1.54, 1.807) is 0 Å². The van der Waals surface area contributed by atoms with Crippen molar-refractivity contribution < 1.29 is 42.6 Å². The second kappa shape index (κ2) is 18.8. The molecule has 0 bridgehead atoms.